The van der Waals surface area contributed by atoms with Crippen LogP contribution in [0.25, 0.3) is 0 Å². The Morgan fingerprint density at radius 1 is 1.37 bits per heavy atom. The first-order valence-electron chi connectivity index (χ1n) is 5.38. The van der Waals surface area contributed by atoms with Gasteiger partial charge in [0, 0.05) is 0 Å². The van der Waals surface area contributed by atoms with Crippen LogP contribution in [0.3, 0.4) is 0 Å². The van der Waals surface area contributed by atoms with E-state index in [1.165, 1.54) is 12.4 Å². The van der Waals surface area contributed by atoms with Crippen LogP contribution in [-0.4, -0.2) is 21.0 Å². The van der Waals surface area contributed by atoms with E-state index in [1.807, 2.05) is 6.07 Å². The van der Waals surface area contributed by atoms with Crippen molar-refractivity contribution in [2.75, 3.05) is 0 Å². The lowest BCUT2D eigenvalue weighted by Crippen LogP contribution is -2.00. The molecule has 0 unspecified atom stereocenters. The molecule has 0 atom stereocenters. The lowest BCUT2D eigenvalue weighted by atomic mass is 10.1. The van der Waals surface area contributed by atoms with Gasteiger partial charge in [-0.15, -0.1) is 0 Å². The summed E-state index contributed by atoms with van der Waals surface area (Å²) in [6.45, 7) is 0. The summed E-state index contributed by atoms with van der Waals surface area (Å²) < 4.78 is 5.42. The number of carboxylic acid groups (broad SMARTS) is 1. The lowest BCUT2D eigenvalue weighted by Gasteiger charge is -2.05. The molecule has 0 radical (unpaired) electrons. The third-order valence-electron chi connectivity index (χ3n) is 2.22. The zero-order chi connectivity index (χ0) is 13.7. The SMILES string of the molecule is N#Cc1cnc(Oc2cccc(CC(=O)O)c2)cn1. The summed E-state index contributed by atoms with van der Waals surface area (Å²) in [6.07, 6.45) is 2.56. The molecule has 0 amide bonds. The Bertz CT molecular complexity index is 632. The van der Waals surface area contributed by atoms with Crippen LogP contribution in [0.15, 0.2) is 36.7 Å². The molecule has 1 aromatic carbocycles. The highest BCUT2D eigenvalue weighted by atomic mass is 16.5. The number of benzene rings is 1. The Hall–Kier alpha value is -2.94. The van der Waals surface area contributed by atoms with Gasteiger partial charge in [0.25, 0.3) is 0 Å². The standard InChI is InChI=1S/C13H9N3O3/c14-6-10-7-16-12(8-15-10)19-11-3-1-2-9(4-11)5-13(17)18/h1-4,7-8H,5H2,(H,17,18). The molecular formula is C13H9N3O3. The van der Waals surface area contributed by atoms with Gasteiger partial charge in [0.1, 0.15) is 11.8 Å². The van der Waals surface area contributed by atoms with Gasteiger partial charge in [-0.05, 0) is 17.7 Å². The van der Waals surface area contributed by atoms with Crippen molar-refractivity contribution in [1.82, 2.24) is 9.97 Å². The second-order valence-corrected chi connectivity index (χ2v) is 3.67. The maximum atomic E-state index is 10.6. The smallest absolute Gasteiger partial charge is 0.307 e. The van der Waals surface area contributed by atoms with Gasteiger partial charge in [-0.2, -0.15) is 5.26 Å². The zero-order valence-corrected chi connectivity index (χ0v) is 9.78. The number of nitriles is 1. The van der Waals surface area contributed by atoms with Crippen molar-refractivity contribution in [3.63, 3.8) is 0 Å². The van der Waals surface area contributed by atoms with Gasteiger partial charge in [0.15, 0.2) is 5.69 Å². The first-order valence-corrected chi connectivity index (χ1v) is 5.38. The third kappa shape index (κ3) is 3.51. The summed E-state index contributed by atoms with van der Waals surface area (Å²) in [7, 11) is 0. The molecule has 0 aliphatic heterocycles. The second kappa shape index (κ2) is 5.60. The van der Waals surface area contributed by atoms with E-state index >= 15 is 0 Å². The van der Waals surface area contributed by atoms with Gasteiger partial charge in [-0.1, -0.05) is 12.1 Å². The molecule has 0 bridgehead atoms. The number of carbonyl (C=O) groups is 1. The summed E-state index contributed by atoms with van der Waals surface area (Å²) in [5, 5.41) is 17.3. The van der Waals surface area contributed by atoms with Crippen LogP contribution in [-0.2, 0) is 11.2 Å². The Morgan fingerprint density at radius 3 is 2.84 bits per heavy atom. The van der Waals surface area contributed by atoms with Gasteiger partial charge in [0.2, 0.25) is 5.88 Å². The number of hydrogen-bond donors (Lipinski definition) is 1. The van der Waals surface area contributed by atoms with Crippen LogP contribution < -0.4 is 4.74 Å². The van der Waals surface area contributed by atoms with Gasteiger partial charge >= 0.3 is 5.97 Å². The second-order valence-electron chi connectivity index (χ2n) is 3.67. The van der Waals surface area contributed by atoms with E-state index in [-0.39, 0.29) is 18.0 Å². The van der Waals surface area contributed by atoms with Crippen molar-refractivity contribution < 1.29 is 14.6 Å². The average molecular weight is 255 g/mol. The fourth-order valence-corrected chi connectivity index (χ4v) is 1.44. The van der Waals surface area contributed by atoms with Crippen molar-refractivity contribution >= 4 is 5.97 Å². The van der Waals surface area contributed by atoms with Gasteiger partial charge in [0.05, 0.1) is 18.8 Å². The fourth-order valence-electron chi connectivity index (χ4n) is 1.44. The van der Waals surface area contributed by atoms with E-state index in [0.717, 1.165) is 0 Å². The number of nitrogens with zero attached hydrogens (tertiary/aromatic N) is 3. The third-order valence-corrected chi connectivity index (χ3v) is 2.22. The van der Waals surface area contributed by atoms with Crippen molar-refractivity contribution in [1.29, 1.82) is 5.26 Å². The average Bonchev–Trinajstić information content (AvgIpc) is 2.39. The molecule has 2 rings (SSSR count). The summed E-state index contributed by atoms with van der Waals surface area (Å²) >= 11 is 0. The Balaban J connectivity index is 2.14. The molecule has 0 aliphatic rings. The maximum Gasteiger partial charge on any atom is 0.307 e. The van der Waals surface area contributed by atoms with Crippen molar-refractivity contribution in [3.05, 3.63) is 47.9 Å². The van der Waals surface area contributed by atoms with Crippen molar-refractivity contribution in [3.8, 4) is 17.7 Å². The molecule has 6 heteroatoms. The van der Waals surface area contributed by atoms with E-state index in [4.69, 9.17) is 15.1 Å². The molecule has 6 nitrogen and oxygen atoms in total. The zero-order valence-electron chi connectivity index (χ0n) is 9.78. The molecule has 0 aliphatic carbocycles. The predicted molar refractivity (Wildman–Crippen MR) is 64.6 cm³/mol. The first-order chi connectivity index (χ1) is 9.17. The number of hydrogen-bond acceptors (Lipinski definition) is 5. The van der Waals surface area contributed by atoms with Crippen LogP contribution >= 0.6 is 0 Å². The summed E-state index contributed by atoms with van der Waals surface area (Å²) in [4.78, 5) is 18.3. The summed E-state index contributed by atoms with van der Waals surface area (Å²) in [6, 6.07) is 8.56. The van der Waals surface area contributed by atoms with Gasteiger partial charge in [-0.25, -0.2) is 9.97 Å². The van der Waals surface area contributed by atoms with E-state index in [2.05, 4.69) is 9.97 Å². The minimum absolute atomic E-state index is 0.0732. The monoisotopic (exact) mass is 255 g/mol. The van der Waals surface area contributed by atoms with E-state index < -0.39 is 5.97 Å². The van der Waals surface area contributed by atoms with Crippen LogP contribution in [0.1, 0.15) is 11.3 Å². The highest BCUT2D eigenvalue weighted by Gasteiger charge is 2.04. The molecule has 19 heavy (non-hydrogen) atoms. The van der Waals surface area contributed by atoms with Crippen molar-refractivity contribution in [2.45, 2.75) is 6.42 Å². The normalized spacial score (nSPS) is 9.63. The highest BCUT2D eigenvalue weighted by Crippen LogP contribution is 2.20. The quantitative estimate of drug-likeness (QED) is 0.894. The minimum Gasteiger partial charge on any atom is -0.481 e. The molecule has 0 saturated heterocycles. The molecule has 1 N–H and O–H groups in total. The molecule has 94 valence electrons. The van der Waals surface area contributed by atoms with Crippen LogP contribution in [0.5, 0.6) is 11.6 Å². The first kappa shape index (κ1) is 12.5. The Morgan fingerprint density at radius 2 is 2.21 bits per heavy atom. The van der Waals surface area contributed by atoms with Crippen LogP contribution in [0.2, 0.25) is 0 Å². The van der Waals surface area contributed by atoms with Crippen LogP contribution in [0, 0.1) is 11.3 Å². The molecule has 2 aromatic rings. The highest BCUT2D eigenvalue weighted by molar-refractivity contribution is 5.70. The van der Waals surface area contributed by atoms with E-state index in [1.54, 1.807) is 24.3 Å². The van der Waals surface area contributed by atoms with Gasteiger partial charge in [-0.3, -0.25) is 4.79 Å². The minimum atomic E-state index is -0.907. The molecular weight excluding hydrogens is 246 g/mol. The Labute approximate surface area is 108 Å². The number of carboxylic acids is 1. The number of aliphatic carboxylic acids is 1. The number of ether oxygens (including phenoxy) is 1. The van der Waals surface area contributed by atoms with E-state index in [0.29, 0.717) is 11.3 Å². The number of rotatable bonds is 4. The van der Waals surface area contributed by atoms with E-state index in [9.17, 15) is 4.79 Å². The molecule has 0 spiro atoms. The topological polar surface area (TPSA) is 96.1 Å². The molecule has 0 saturated carbocycles. The van der Waals surface area contributed by atoms with Gasteiger partial charge < -0.3 is 9.84 Å². The predicted octanol–water partition coefficient (Wildman–Crippen LogP) is 1.77. The maximum absolute atomic E-state index is 10.6. The van der Waals surface area contributed by atoms with Crippen molar-refractivity contribution in [2.24, 2.45) is 0 Å². The molecule has 1 heterocycles. The lowest BCUT2D eigenvalue weighted by molar-refractivity contribution is -0.136. The summed E-state index contributed by atoms with van der Waals surface area (Å²) in [5.74, 6) is -0.195. The van der Waals surface area contributed by atoms with Crippen LogP contribution in [0.4, 0.5) is 0 Å². The largest absolute Gasteiger partial charge is 0.481 e. The fraction of sp³-hybridized carbons (Fsp3) is 0.0769. The summed E-state index contributed by atoms with van der Waals surface area (Å²) in [5.41, 5.74) is 0.832. The molecule has 0 fully saturated rings. The molecule has 1 aromatic heterocycles. The Kier molecular flexibility index (Phi) is 3.69. The number of aromatic nitrogens is 2.